The summed E-state index contributed by atoms with van der Waals surface area (Å²) in [6.45, 7) is 0. The second-order valence-corrected chi connectivity index (χ2v) is 2.15. The molecule has 0 saturated carbocycles. The Morgan fingerprint density at radius 2 is 1.07 bits per heavy atom. The molecule has 0 fully saturated rings. The third-order valence-electron chi connectivity index (χ3n) is 1.36. The van der Waals surface area contributed by atoms with Gasteiger partial charge in [-0.3, -0.25) is 0 Å². The van der Waals surface area contributed by atoms with Gasteiger partial charge in [-0.2, -0.15) is 0 Å². The Balaban J connectivity index is 0. The van der Waals surface area contributed by atoms with E-state index in [-0.39, 0.29) is 33.7 Å². The quantitative estimate of drug-likeness (QED) is 0.572. The second kappa shape index (κ2) is 6.15. The third-order valence-corrected chi connectivity index (χ3v) is 1.36. The van der Waals surface area contributed by atoms with Gasteiger partial charge in [-0.1, -0.05) is 24.3 Å². The summed E-state index contributed by atoms with van der Waals surface area (Å²) >= 11 is 0. The Morgan fingerprint density at radius 3 is 1.21 bits per heavy atom. The van der Waals surface area contributed by atoms with Crippen molar-refractivity contribution < 1.29 is 42.3 Å². The maximum Gasteiger partial charge on any atom is 0.0715 e. The zero-order valence-electron chi connectivity index (χ0n) is 6.69. The fourth-order valence-electron chi connectivity index (χ4n) is 0.742. The number of carbonyl (C=O) groups excluding carboxylic acids is 2. The minimum absolute atomic E-state index is 0. The van der Waals surface area contributed by atoms with Gasteiger partial charge < -0.3 is 25.3 Å². The normalized spacial score (nSPS) is 8.00. The molecule has 14 heavy (non-hydrogen) atoms. The van der Waals surface area contributed by atoms with Crippen molar-refractivity contribution in [3.8, 4) is 0 Å². The summed E-state index contributed by atoms with van der Waals surface area (Å²) in [5.41, 5.74) is -0.111. The molecule has 0 aromatic heterocycles. The number of carbonyl (C=O) groups is 2. The van der Waals surface area contributed by atoms with Gasteiger partial charge in [0.15, 0.2) is 0 Å². The minimum atomic E-state index is -1.33. The number of hydrogen-bond acceptors (Lipinski definition) is 5. The molecular weight excluding hydrogens is 240 g/mol. The zero-order valence-corrected chi connectivity index (χ0v) is 7.63. The molecule has 0 spiro atoms. The predicted molar refractivity (Wildman–Crippen MR) is 37.0 cm³/mol. The Bertz CT molecular complexity index is 286. The SMILES string of the molecule is O=C([O-])c1ccc(C(=O)[O-])cc1.[Cu].[OH-]. The molecule has 1 radical (unpaired) electrons. The summed E-state index contributed by atoms with van der Waals surface area (Å²) in [5.74, 6) is -2.67. The van der Waals surface area contributed by atoms with Crippen LogP contribution in [0.25, 0.3) is 0 Å². The van der Waals surface area contributed by atoms with Crippen molar-refractivity contribution in [2.75, 3.05) is 0 Å². The molecule has 0 bridgehead atoms. The number of carboxylic acids is 2. The summed E-state index contributed by atoms with van der Waals surface area (Å²) < 4.78 is 0. The van der Waals surface area contributed by atoms with E-state index >= 15 is 0 Å². The molecule has 1 aromatic rings. The molecule has 0 unspecified atom stereocenters. The fourth-order valence-corrected chi connectivity index (χ4v) is 0.742. The van der Waals surface area contributed by atoms with Crippen LogP contribution in [0.1, 0.15) is 20.7 Å². The molecule has 0 aliphatic carbocycles. The van der Waals surface area contributed by atoms with Crippen molar-refractivity contribution in [3.05, 3.63) is 35.4 Å². The minimum Gasteiger partial charge on any atom is -0.870 e. The Labute approximate surface area is 90.1 Å². The number of rotatable bonds is 2. The van der Waals surface area contributed by atoms with Gasteiger partial charge in [0.1, 0.15) is 0 Å². The van der Waals surface area contributed by atoms with Crippen LogP contribution in [0.4, 0.5) is 0 Å². The van der Waals surface area contributed by atoms with Gasteiger partial charge in [-0.15, -0.1) is 0 Å². The van der Waals surface area contributed by atoms with Crippen LogP contribution in [0.15, 0.2) is 24.3 Å². The number of aromatic carboxylic acids is 2. The predicted octanol–water partition coefficient (Wildman–Crippen LogP) is -1.77. The van der Waals surface area contributed by atoms with Gasteiger partial charge in [0.25, 0.3) is 0 Å². The van der Waals surface area contributed by atoms with Crippen molar-refractivity contribution in [3.63, 3.8) is 0 Å². The van der Waals surface area contributed by atoms with E-state index in [9.17, 15) is 19.8 Å². The Hall–Kier alpha value is -1.36. The van der Waals surface area contributed by atoms with Crippen LogP contribution in [-0.4, -0.2) is 17.4 Å². The first-order valence-corrected chi connectivity index (χ1v) is 3.14. The van der Waals surface area contributed by atoms with E-state index in [2.05, 4.69) is 0 Å². The first-order valence-electron chi connectivity index (χ1n) is 3.14. The average molecular weight is 245 g/mol. The molecule has 0 aliphatic heterocycles. The van der Waals surface area contributed by atoms with Crippen LogP contribution < -0.4 is 10.2 Å². The number of carboxylic acid groups (broad SMARTS) is 2. The van der Waals surface area contributed by atoms with E-state index in [1.165, 1.54) is 0 Å². The summed E-state index contributed by atoms with van der Waals surface area (Å²) in [4.78, 5) is 20.4. The van der Waals surface area contributed by atoms with E-state index in [0.717, 1.165) is 24.3 Å². The van der Waals surface area contributed by atoms with Crippen molar-refractivity contribution in [1.29, 1.82) is 0 Å². The van der Waals surface area contributed by atoms with Gasteiger partial charge >= 0.3 is 0 Å². The van der Waals surface area contributed by atoms with Crippen LogP contribution in [0.2, 0.25) is 0 Å². The Morgan fingerprint density at radius 1 is 0.857 bits per heavy atom. The van der Waals surface area contributed by atoms with Crippen molar-refractivity contribution >= 4 is 11.9 Å². The van der Waals surface area contributed by atoms with Gasteiger partial charge in [0.2, 0.25) is 0 Å². The molecule has 1 N–H and O–H groups in total. The topological polar surface area (TPSA) is 110 Å². The molecule has 1 rings (SSSR count). The molecule has 0 aliphatic rings. The number of hydrogen-bond donors (Lipinski definition) is 0. The summed E-state index contributed by atoms with van der Waals surface area (Å²) in [5, 5.41) is 20.4. The summed E-state index contributed by atoms with van der Waals surface area (Å²) in [6.07, 6.45) is 0. The summed E-state index contributed by atoms with van der Waals surface area (Å²) in [7, 11) is 0. The Kier molecular flexibility index (Phi) is 6.64. The van der Waals surface area contributed by atoms with Gasteiger partial charge in [-0.05, 0) is 11.1 Å². The van der Waals surface area contributed by atoms with Gasteiger partial charge in [0, 0.05) is 17.1 Å². The largest absolute Gasteiger partial charge is 0.870 e. The van der Waals surface area contributed by atoms with Crippen LogP contribution in [0.5, 0.6) is 0 Å². The van der Waals surface area contributed by atoms with E-state index in [1.807, 2.05) is 0 Å². The van der Waals surface area contributed by atoms with Gasteiger partial charge in [-0.25, -0.2) is 0 Å². The molecule has 0 saturated heterocycles. The average Bonchev–Trinajstić information content (AvgIpc) is 2.04. The smallest absolute Gasteiger partial charge is 0.0715 e. The van der Waals surface area contributed by atoms with Crippen molar-refractivity contribution in [2.45, 2.75) is 0 Å². The fraction of sp³-hybridized carbons (Fsp3) is 0. The first-order chi connectivity index (χ1) is 5.61. The monoisotopic (exact) mass is 244 g/mol. The molecule has 6 heteroatoms. The molecule has 81 valence electrons. The van der Waals surface area contributed by atoms with Crippen molar-refractivity contribution in [1.82, 2.24) is 0 Å². The van der Waals surface area contributed by atoms with E-state index in [0.29, 0.717) is 0 Å². The maximum atomic E-state index is 10.2. The van der Waals surface area contributed by atoms with Crippen LogP contribution in [-0.2, 0) is 17.1 Å². The molecule has 1 aromatic carbocycles. The zero-order chi connectivity index (χ0) is 9.14. The summed E-state index contributed by atoms with van der Waals surface area (Å²) in [6, 6.07) is 4.61. The molecule has 0 amide bonds. The first kappa shape index (κ1) is 15.1. The molecular formula is C8H5CuO5-3. The third kappa shape index (κ3) is 3.57. The van der Waals surface area contributed by atoms with Crippen molar-refractivity contribution in [2.24, 2.45) is 0 Å². The molecule has 0 heterocycles. The second-order valence-electron chi connectivity index (χ2n) is 2.15. The maximum absolute atomic E-state index is 10.2. The van der Waals surface area contributed by atoms with Crippen LogP contribution in [0, 0.1) is 0 Å². The molecule has 0 atom stereocenters. The van der Waals surface area contributed by atoms with E-state index in [4.69, 9.17) is 0 Å². The number of benzene rings is 1. The van der Waals surface area contributed by atoms with Crippen LogP contribution in [0.3, 0.4) is 0 Å². The molecule has 5 nitrogen and oxygen atoms in total. The van der Waals surface area contributed by atoms with E-state index in [1.54, 1.807) is 0 Å². The van der Waals surface area contributed by atoms with Gasteiger partial charge in [0.05, 0.1) is 11.9 Å². The van der Waals surface area contributed by atoms with Crippen LogP contribution >= 0.6 is 0 Å². The van der Waals surface area contributed by atoms with E-state index < -0.39 is 11.9 Å². The standard InChI is InChI=1S/C8H6O4.Cu.H2O/c9-7(10)5-1-2-6(4-3-5)8(11)12;;/h1-4H,(H,9,10)(H,11,12);;1H2/p-3.